The van der Waals surface area contributed by atoms with Gasteiger partial charge in [-0.3, -0.25) is 9.78 Å². The first-order chi connectivity index (χ1) is 15.1. The SMILES string of the molecule is CC(=O)c1cnc(N2C[C@@H]3OCC(Oc4cccc5cnccc45)CO[C@H]3C2)nc1C. The molecule has 0 radical (unpaired) electrons. The molecule has 0 spiro atoms. The first kappa shape index (κ1) is 19.8. The summed E-state index contributed by atoms with van der Waals surface area (Å²) in [4.78, 5) is 26.7. The lowest BCUT2D eigenvalue weighted by Crippen LogP contribution is -2.30. The van der Waals surface area contributed by atoms with Crippen LogP contribution in [0.2, 0.25) is 0 Å². The van der Waals surface area contributed by atoms with Gasteiger partial charge in [0.2, 0.25) is 5.95 Å². The van der Waals surface area contributed by atoms with E-state index in [1.807, 2.05) is 42.3 Å². The van der Waals surface area contributed by atoms with Crippen molar-refractivity contribution >= 4 is 22.5 Å². The highest BCUT2D eigenvalue weighted by Crippen LogP contribution is 2.28. The van der Waals surface area contributed by atoms with Gasteiger partial charge in [-0.15, -0.1) is 0 Å². The molecule has 0 saturated carbocycles. The number of carbonyl (C=O) groups excluding carboxylic acids is 1. The van der Waals surface area contributed by atoms with Crippen LogP contribution >= 0.6 is 0 Å². The Morgan fingerprint density at radius 3 is 2.61 bits per heavy atom. The second-order valence-electron chi connectivity index (χ2n) is 7.97. The molecule has 1 aromatic carbocycles. The minimum absolute atomic E-state index is 0.0317. The van der Waals surface area contributed by atoms with Gasteiger partial charge in [-0.2, -0.15) is 0 Å². The minimum atomic E-state index is -0.189. The average Bonchev–Trinajstić information content (AvgIpc) is 3.09. The summed E-state index contributed by atoms with van der Waals surface area (Å²) in [5, 5.41) is 2.06. The summed E-state index contributed by atoms with van der Waals surface area (Å²) in [7, 11) is 0. The van der Waals surface area contributed by atoms with E-state index in [0.29, 0.717) is 43.5 Å². The van der Waals surface area contributed by atoms with E-state index in [1.54, 1.807) is 12.4 Å². The molecule has 160 valence electrons. The van der Waals surface area contributed by atoms with Crippen LogP contribution in [0.4, 0.5) is 5.95 Å². The van der Waals surface area contributed by atoms with Crippen molar-refractivity contribution in [2.45, 2.75) is 32.2 Å². The molecule has 5 rings (SSSR count). The van der Waals surface area contributed by atoms with Crippen molar-refractivity contribution in [3.8, 4) is 5.75 Å². The predicted octanol–water partition coefficient (Wildman–Crippen LogP) is 2.59. The Kier molecular flexibility index (Phi) is 5.25. The molecular weight excluding hydrogens is 396 g/mol. The van der Waals surface area contributed by atoms with E-state index in [2.05, 4.69) is 15.0 Å². The Labute approximate surface area is 180 Å². The van der Waals surface area contributed by atoms with Crippen molar-refractivity contribution in [1.29, 1.82) is 0 Å². The van der Waals surface area contributed by atoms with E-state index in [0.717, 1.165) is 16.5 Å². The predicted molar refractivity (Wildman–Crippen MR) is 115 cm³/mol. The molecule has 31 heavy (non-hydrogen) atoms. The molecule has 0 amide bonds. The second kappa shape index (κ2) is 8.20. The highest BCUT2D eigenvalue weighted by molar-refractivity contribution is 5.94. The van der Waals surface area contributed by atoms with Crippen molar-refractivity contribution in [3.63, 3.8) is 0 Å². The summed E-state index contributed by atoms with van der Waals surface area (Å²) in [6.45, 7) is 5.51. The number of aromatic nitrogens is 3. The molecule has 8 heteroatoms. The van der Waals surface area contributed by atoms with Gasteiger partial charge in [0.1, 0.15) is 24.1 Å². The fourth-order valence-corrected chi connectivity index (χ4v) is 4.13. The minimum Gasteiger partial charge on any atom is -0.485 e. The Morgan fingerprint density at radius 1 is 1.13 bits per heavy atom. The second-order valence-corrected chi connectivity index (χ2v) is 7.97. The van der Waals surface area contributed by atoms with Crippen molar-refractivity contribution in [2.24, 2.45) is 0 Å². The van der Waals surface area contributed by atoms with Gasteiger partial charge in [0.15, 0.2) is 5.78 Å². The summed E-state index contributed by atoms with van der Waals surface area (Å²) in [6.07, 6.45) is 4.84. The van der Waals surface area contributed by atoms with Crippen LogP contribution in [0.1, 0.15) is 23.0 Å². The fourth-order valence-electron chi connectivity index (χ4n) is 4.13. The number of nitrogens with zero attached hydrogens (tertiary/aromatic N) is 4. The molecule has 2 atom stereocenters. The first-order valence-corrected chi connectivity index (χ1v) is 10.4. The van der Waals surface area contributed by atoms with Crippen LogP contribution in [-0.2, 0) is 9.47 Å². The summed E-state index contributed by atoms with van der Waals surface area (Å²) in [5.41, 5.74) is 1.24. The van der Waals surface area contributed by atoms with E-state index in [9.17, 15) is 4.79 Å². The monoisotopic (exact) mass is 420 g/mol. The van der Waals surface area contributed by atoms with Gasteiger partial charge in [0.25, 0.3) is 0 Å². The van der Waals surface area contributed by atoms with Gasteiger partial charge < -0.3 is 19.1 Å². The average molecular weight is 420 g/mol. The number of fused-ring (bicyclic) bond motifs is 2. The van der Waals surface area contributed by atoms with E-state index in [1.165, 1.54) is 6.92 Å². The Hall–Kier alpha value is -3.10. The molecule has 0 unspecified atom stereocenters. The highest BCUT2D eigenvalue weighted by Gasteiger charge is 2.39. The maximum absolute atomic E-state index is 11.6. The number of rotatable bonds is 4. The summed E-state index contributed by atoms with van der Waals surface area (Å²) in [5.74, 6) is 1.37. The molecule has 0 aliphatic carbocycles. The largest absolute Gasteiger partial charge is 0.485 e. The lowest BCUT2D eigenvalue weighted by molar-refractivity contribution is -0.00461. The zero-order valence-corrected chi connectivity index (χ0v) is 17.5. The standard InChI is InChI=1S/C23H24N4O4/c1-14-19(15(2)28)9-25-23(26-14)27-10-21-22(11-27)30-13-17(12-29-21)31-20-5-3-4-16-8-24-7-6-18(16)20/h3-9,17,21-22H,10-13H2,1-2H3/t21-,22-/m0/s1. The van der Waals surface area contributed by atoms with E-state index < -0.39 is 0 Å². The topological polar surface area (TPSA) is 86.7 Å². The lowest BCUT2D eigenvalue weighted by atomic mass is 10.1. The number of carbonyl (C=O) groups is 1. The number of aryl methyl sites for hydroxylation is 1. The van der Waals surface area contributed by atoms with Crippen LogP contribution in [0.3, 0.4) is 0 Å². The third-order valence-corrected chi connectivity index (χ3v) is 5.77. The third-order valence-electron chi connectivity index (χ3n) is 5.77. The molecule has 2 aliphatic heterocycles. The van der Waals surface area contributed by atoms with E-state index >= 15 is 0 Å². The summed E-state index contributed by atoms with van der Waals surface area (Å²) < 4.78 is 18.5. The summed E-state index contributed by atoms with van der Waals surface area (Å²) in [6, 6.07) is 7.89. The molecule has 0 bridgehead atoms. The lowest BCUT2D eigenvalue weighted by Gasteiger charge is -2.20. The number of benzene rings is 1. The Morgan fingerprint density at radius 2 is 1.90 bits per heavy atom. The van der Waals surface area contributed by atoms with Crippen molar-refractivity contribution in [3.05, 3.63) is 54.1 Å². The smallest absolute Gasteiger partial charge is 0.225 e. The normalized spacial score (nSPS) is 21.7. The van der Waals surface area contributed by atoms with E-state index in [4.69, 9.17) is 14.2 Å². The molecule has 2 saturated heterocycles. The molecular formula is C23H24N4O4. The van der Waals surface area contributed by atoms with Gasteiger partial charge in [-0.1, -0.05) is 12.1 Å². The van der Waals surface area contributed by atoms with Crippen molar-refractivity contribution in [1.82, 2.24) is 15.0 Å². The molecule has 4 heterocycles. The zero-order chi connectivity index (χ0) is 21.4. The highest BCUT2D eigenvalue weighted by atomic mass is 16.6. The Bertz CT molecular complexity index is 1100. The third kappa shape index (κ3) is 3.96. The molecule has 3 aromatic rings. The number of hydrogen-bond donors (Lipinski definition) is 0. The van der Waals surface area contributed by atoms with Crippen LogP contribution in [-0.4, -0.2) is 65.4 Å². The number of pyridine rings is 1. The number of Topliss-reactive ketones (excluding diaryl/α,β-unsaturated/α-hetero) is 1. The van der Waals surface area contributed by atoms with Crippen molar-refractivity contribution in [2.75, 3.05) is 31.2 Å². The number of ether oxygens (including phenoxy) is 3. The van der Waals surface area contributed by atoms with Gasteiger partial charge >= 0.3 is 0 Å². The molecule has 8 nitrogen and oxygen atoms in total. The van der Waals surface area contributed by atoms with E-state index in [-0.39, 0.29) is 24.1 Å². The first-order valence-electron chi connectivity index (χ1n) is 10.4. The van der Waals surface area contributed by atoms with Gasteiger partial charge in [0, 0.05) is 42.5 Å². The molecule has 2 aromatic heterocycles. The molecule has 2 fully saturated rings. The van der Waals surface area contributed by atoms with Gasteiger partial charge in [0.05, 0.1) is 24.5 Å². The van der Waals surface area contributed by atoms with Crippen LogP contribution < -0.4 is 9.64 Å². The molecule has 0 N–H and O–H groups in total. The van der Waals surface area contributed by atoms with Crippen molar-refractivity contribution < 1.29 is 19.0 Å². The van der Waals surface area contributed by atoms with Crippen LogP contribution in [0.15, 0.2) is 42.9 Å². The quantitative estimate of drug-likeness (QED) is 0.596. The van der Waals surface area contributed by atoms with Crippen LogP contribution in [0.25, 0.3) is 10.8 Å². The van der Waals surface area contributed by atoms with Gasteiger partial charge in [-0.25, -0.2) is 9.97 Å². The van der Waals surface area contributed by atoms with Gasteiger partial charge in [-0.05, 0) is 26.0 Å². The van der Waals surface area contributed by atoms with Crippen LogP contribution in [0.5, 0.6) is 5.75 Å². The maximum Gasteiger partial charge on any atom is 0.225 e. The summed E-state index contributed by atoms with van der Waals surface area (Å²) >= 11 is 0. The Balaban J connectivity index is 1.24. The fraction of sp³-hybridized carbons (Fsp3) is 0.391. The molecule has 2 aliphatic rings. The zero-order valence-electron chi connectivity index (χ0n) is 17.5. The van der Waals surface area contributed by atoms with Crippen LogP contribution in [0, 0.1) is 6.92 Å². The number of anilines is 1. The number of hydrogen-bond acceptors (Lipinski definition) is 8. The number of ketones is 1. The maximum atomic E-state index is 11.6.